The SMILES string of the molecule is CCc1ccc(NC(=O)CCc2c(C)n(C)c3nc(-c4ccc(Cl)cc4)nn3c2=O)cc1. The van der Waals surface area contributed by atoms with Crippen LogP contribution in [0, 0.1) is 6.92 Å². The van der Waals surface area contributed by atoms with E-state index in [1.165, 1.54) is 10.1 Å². The minimum absolute atomic E-state index is 0.142. The fraction of sp³-hybridized carbons (Fsp3) is 0.250. The average Bonchev–Trinajstić information content (AvgIpc) is 3.24. The van der Waals surface area contributed by atoms with Crippen molar-refractivity contribution in [2.24, 2.45) is 7.05 Å². The minimum atomic E-state index is -0.261. The number of aromatic nitrogens is 4. The Morgan fingerprint density at radius 1 is 1.09 bits per heavy atom. The van der Waals surface area contributed by atoms with Gasteiger partial charge >= 0.3 is 0 Å². The van der Waals surface area contributed by atoms with Gasteiger partial charge in [-0.3, -0.25) is 9.59 Å². The number of benzene rings is 2. The Balaban J connectivity index is 1.57. The zero-order valence-corrected chi connectivity index (χ0v) is 19.0. The number of fused-ring (bicyclic) bond motifs is 1. The van der Waals surface area contributed by atoms with Crippen LogP contribution in [-0.2, 0) is 24.7 Å². The molecule has 32 heavy (non-hydrogen) atoms. The number of halogens is 1. The highest BCUT2D eigenvalue weighted by atomic mass is 35.5. The number of rotatable bonds is 6. The van der Waals surface area contributed by atoms with Crippen molar-refractivity contribution in [3.05, 3.63) is 80.7 Å². The van der Waals surface area contributed by atoms with Crippen LogP contribution in [0.4, 0.5) is 5.69 Å². The number of carbonyl (C=O) groups is 1. The number of aryl methyl sites for hydroxylation is 2. The van der Waals surface area contributed by atoms with Crippen LogP contribution >= 0.6 is 11.6 Å². The van der Waals surface area contributed by atoms with Crippen LogP contribution in [-0.4, -0.2) is 25.1 Å². The number of nitrogens with zero attached hydrogens (tertiary/aromatic N) is 4. The summed E-state index contributed by atoms with van der Waals surface area (Å²) in [5.41, 5.74) is 3.77. The van der Waals surface area contributed by atoms with Crippen LogP contribution in [0.3, 0.4) is 0 Å². The molecule has 2 heterocycles. The lowest BCUT2D eigenvalue weighted by Crippen LogP contribution is -2.26. The zero-order valence-electron chi connectivity index (χ0n) is 18.2. The topological polar surface area (TPSA) is 81.3 Å². The van der Waals surface area contributed by atoms with E-state index in [2.05, 4.69) is 22.3 Å². The number of hydrogen-bond donors (Lipinski definition) is 1. The lowest BCUT2D eigenvalue weighted by molar-refractivity contribution is -0.116. The van der Waals surface area contributed by atoms with Crippen LogP contribution in [0.2, 0.25) is 5.02 Å². The maximum Gasteiger partial charge on any atom is 0.279 e. The molecule has 0 spiro atoms. The molecule has 7 nitrogen and oxygen atoms in total. The molecule has 8 heteroatoms. The van der Waals surface area contributed by atoms with Gasteiger partial charge in [-0.1, -0.05) is 30.7 Å². The first-order chi connectivity index (χ1) is 15.4. The molecule has 0 aliphatic heterocycles. The van der Waals surface area contributed by atoms with Crippen molar-refractivity contribution in [2.45, 2.75) is 33.1 Å². The quantitative estimate of drug-likeness (QED) is 0.478. The molecule has 1 N–H and O–H groups in total. The van der Waals surface area contributed by atoms with E-state index in [-0.39, 0.29) is 17.9 Å². The van der Waals surface area contributed by atoms with Gasteiger partial charge in [0, 0.05) is 41.0 Å². The van der Waals surface area contributed by atoms with E-state index in [1.54, 1.807) is 12.1 Å². The normalized spacial score (nSPS) is 11.1. The molecule has 0 fully saturated rings. The molecule has 0 aliphatic carbocycles. The first kappa shape index (κ1) is 21.8. The molecule has 0 atom stereocenters. The number of nitrogens with one attached hydrogen (secondary N) is 1. The fourth-order valence-electron chi connectivity index (χ4n) is 3.59. The number of amides is 1. The second-order valence-corrected chi connectivity index (χ2v) is 8.12. The lowest BCUT2D eigenvalue weighted by atomic mass is 10.1. The van der Waals surface area contributed by atoms with Gasteiger partial charge in [-0.25, -0.2) is 0 Å². The molecule has 0 unspecified atom stereocenters. The summed E-state index contributed by atoms with van der Waals surface area (Å²) in [5.74, 6) is 0.747. The third kappa shape index (κ3) is 4.29. The molecule has 0 saturated carbocycles. The summed E-state index contributed by atoms with van der Waals surface area (Å²) in [6, 6.07) is 14.9. The van der Waals surface area contributed by atoms with Crippen molar-refractivity contribution in [2.75, 3.05) is 5.32 Å². The molecule has 0 bridgehead atoms. The summed E-state index contributed by atoms with van der Waals surface area (Å²) in [7, 11) is 1.84. The summed E-state index contributed by atoms with van der Waals surface area (Å²) in [4.78, 5) is 30.1. The Hall–Kier alpha value is -3.45. The molecule has 0 saturated heterocycles. The van der Waals surface area contributed by atoms with Gasteiger partial charge in [0.15, 0.2) is 5.82 Å². The van der Waals surface area contributed by atoms with Crippen molar-refractivity contribution in [1.29, 1.82) is 0 Å². The summed E-state index contributed by atoms with van der Waals surface area (Å²) < 4.78 is 3.12. The average molecular weight is 450 g/mol. The molecule has 0 radical (unpaired) electrons. The molecule has 2 aromatic carbocycles. The summed E-state index contributed by atoms with van der Waals surface area (Å²) in [6.45, 7) is 3.94. The zero-order chi connectivity index (χ0) is 22.8. The van der Waals surface area contributed by atoms with Crippen molar-refractivity contribution < 1.29 is 4.79 Å². The first-order valence-corrected chi connectivity index (χ1v) is 10.8. The summed E-state index contributed by atoms with van der Waals surface area (Å²) in [5, 5.41) is 7.92. The Morgan fingerprint density at radius 3 is 2.44 bits per heavy atom. The Bertz CT molecular complexity index is 1340. The Labute approximate surface area is 190 Å². The van der Waals surface area contributed by atoms with Gasteiger partial charge in [0.05, 0.1) is 0 Å². The standard InChI is InChI=1S/C24H24ClN5O2/c1-4-16-5-11-19(12-6-16)26-21(31)14-13-20-15(2)29(3)24-27-22(28-30(24)23(20)32)17-7-9-18(25)10-8-17/h5-12H,4,13-14H2,1-3H3,(H,26,31). The highest BCUT2D eigenvalue weighted by Gasteiger charge is 2.18. The molecule has 4 rings (SSSR count). The predicted octanol–water partition coefficient (Wildman–Crippen LogP) is 4.19. The van der Waals surface area contributed by atoms with Gasteiger partial charge in [0.25, 0.3) is 5.56 Å². The van der Waals surface area contributed by atoms with Crippen molar-refractivity contribution in [3.8, 4) is 11.4 Å². The van der Waals surface area contributed by atoms with Gasteiger partial charge in [-0.05, 0) is 61.7 Å². The van der Waals surface area contributed by atoms with E-state index in [0.29, 0.717) is 28.6 Å². The fourth-order valence-corrected chi connectivity index (χ4v) is 3.71. The van der Waals surface area contributed by atoms with Crippen molar-refractivity contribution in [3.63, 3.8) is 0 Å². The first-order valence-electron chi connectivity index (χ1n) is 10.5. The Kier molecular flexibility index (Phi) is 6.10. The van der Waals surface area contributed by atoms with E-state index < -0.39 is 0 Å². The van der Waals surface area contributed by atoms with Gasteiger partial charge in [-0.2, -0.15) is 9.50 Å². The van der Waals surface area contributed by atoms with E-state index in [1.807, 2.05) is 54.9 Å². The number of anilines is 1. The third-order valence-electron chi connectivity index (χ3n) is 5.63. The molecule has 2 aromatic heterocycles. The second kappa shape index (κ2) is 8.96. The molecule has 1 amide bonds. The molecular weight excluding hydrogens is 426 g/mol. The van der Waals surface area contributed by atoms with Gasteiger partial charge in [0.1, 0.15) is 0 Å². The summed E-state index contributed by atoms with van der Waals surface area (Å²) in [6.07, 6.45) is 1.45. The van der Waals surface area contributed by atoms with E-state index in [4.69, 9.17) is 11.6 Å². The van der Waals surface area contributed by atoms with E-state index >= 15 is 0 Å². The maximum atomic E-state index is 13.1. The van der Waals surface area contributed by atoms with E-state index in [0.717, 1.165) is 23.4 Å². The van der Waals surface area contributed by atoms with Crippen LogP contribution in [0.15, 0.2) is 53.3 Å². The van der Waals surface area contributed by atoms with Gasteiger partial charge in [0.2, 0.25) is 11.7 Å². The summed E-state index contributed by atoms with van der Waals surface area (Å²) >= 11 is 5.96. The minimum Gasteiger partial charge on any atom is -0.326 e. The molecular formula is C24H24ClN5O2. The predicted molar refractivity (Wildman–Crippen MR) is 126 cm³/mol. The highest BCUT2D eigenvalue weighted by Crippen LogP contribution is 2.19. The monoisotopic (exact) mass is 449 g/mol. The Morgan fingerprint density at radius 2 is 1.78 bits per heavy atom. The number of hydrogen-bond acceptors (Lipinski definition) is 4. The smallest absolute Gasteiger partial charge is 0.279 e. The second-order valence-electron chi connectivity index (χ2n) is 7.68. The van der Waals surface area contributed by atoms with Crippen molar-refractivity contribution in [1.82, 2.24) is 19.2 Å². The van der Waals surface area contributed by atoms with Crippen LogP contribution < -0.4 is 10.9 Å². The van der Waals surface area contributed by atoms with Crippen LogP contribution in [0.25, 0.3) is 17.2 Å². The van der Waals surface area contributed by atoms with Crippen molar-refractivity contribution >= 4 is 29.0 Å². The third-order valence-corrected chi connectivity index (χ3v) is 5.88. The highest BCUT2D eigenvalue weighted by molar-refractivity contribution is 6.30. The van der Waals surface area contributed by atoms with Crippen LogP contribution in [0.5, 0.6) is 0 Å². The van der Waals surface area contributed by atoms with Crippen LogP contribution in [0.1, 0.15) is 30.2 Å². The van der Waals surface area contributed by atoms with E-state index in [9.17, 15) is 9.59 Å². The van der Waals surface area contributed by atoms with Gasteiger partial charge < -0.3 is 9.88 Å². The lowest BCUT2D eigenvalue weighted by Gasteiger charge is -2.11. The molecule has 0 aliphatic rings. The van der Waals surface area contributed by atoms with Gasteiger partial charge in [-0.15, -0.1) is 5.10 Å². The largest absolute Gasteiger partial charge is 0.326 e. The molecule has 4 aromatic rings. The maximum absolute atomic E-state index is 13.1. The number of carbonyl (C=O) groups excluding carboxylic acids is 1. The molecule has 164 valence electrons.